The van der Waals surface area contributed by atoms with Crippen molar-refractivity contribution in [3.8, 4) is 0 Å². The molecule has 2 N–H and O–H groups in total. The second-order valence-electron chi connectivity index (χ2n) is 4.94. The summed E-state index contributed by atoms with van der Waals surface area (Å²) in [6.45, 7) is 4.60. The van der Waals surface area contributed by atoms with Gasteiger partial charge in [0.1, 0.15) is 0 Å². The molecule has 2 nitrogen and oxygen atoms in total. The Kier molecular flexibility index (Phi) is 7.03. The van der Waals surface area contributed by atoms with E-state index in [0.29, 0.717) is 0 Å². The molecule has 0 unspecified atom stereocenters. The largest absolute Gasteiger partial charge is 0.393 e. The first-order valence-electron chi connectivity index (χ1n) is 6.71. The maximum absolute atomic E-state index is 9.38. The molecule has 0 heterocycles. The number of rotatable bonds is 7. The van der Waals surface area contributed by atoms with Crippen molar-refractivity contribution in [2.24, 2.45) is 5.92 Å². The van der Waals surface area contributed by atoms with E-state index in [2.05, 4.69) is 12.2 Å². The minimum atomic E-state index is -0.00851. The Morgan fingerprint density at radius 1 is 1.07 bits per heavy atom. The van der Waals surface area contributed by atoms with Crippen molar-refractivity contribution in [2.75, 3.05) is 13.1 Å². The number of aliphatic hydroxyl groups excluding tert-OH is 1. The van der Waals surface area contributed by atoms with Gasteiger partial charge in [0.15, 0.2) is 0 Å². The van der Waals surface area contributed by atoms with Crippen LogP contribution in [0.15, 0.2) is 0 Å². The SMILES string of the molecule is CCCCCCNCC1CCC(O)CC1. The van der Waals surface area contributed by atoms with Crippen molar-refractivity contribution in [1.82, 2.24) is 5.32 Å². The van der Waals surface area contributed by atoms with Gasteiger partial charge in [-0.1, -0.05) is 26.2 Å². The molecule has 0 aromatic rings. The van der Waals surface area contributed by atoms with E-state index in [4.69, 9.17) is 0 Å². The van der Waals surface area contributed by atoms with Crippen LogP contribution >= 0.6 is 0 Å². The van der Waals surface area contributed by atoms with Gasteiger partial charge < -0.3 is 10.4 Å². The Labute approximate surface area is 94.5 Å². The molecule has 15 heavy (non-hydrogen) atoms. The van der Waals surface area contributed by atoms with E-state index in [0.717, 1.165) is 18.8 Å². The Morgan fingerprint density at radius 2 is 1.80 bits per heavy atom. The summed E-state index contributed by atoms with van der Waals surface area (Å²) < 4.78 is 0. The standard InChI is InChI=1S/C13H27NO/c1-2-3-4-5-10-14-11-12-6-8-13(15)9-7-12/h12-15H,2-11H2,1H3. The first-order valence-corrected chi connectivity index (χ1v) is 6.71. The summed E-state index contributed by atoms with van der Waals surface area (Å²) in [5, 5.41) is 12.9. The van der Waals surface area contributed by atoms with Crippen LogP contribution in [0.4, 0.5) is 0 Å². The molecule has 1 aliphatic rings. The van der Waals surface area contributed by atoms with Crippen molar-refractivity contribution in [2.45, 2.75) is 64.4 Å². The Bertz CT molecular complexity index is 141. The number of nitrogens with one attached hydrogen (secondary N) is 1. The van der Waals surface area contributed by atoms with Gasteiger partial charge in [0.2, 0.25) is 0 Å². The zero-order valence-corrected chi connectivity index (χ0v) is 10.2. The third-order valence-corrected chi connectivity index (χ3v) is 3.46. The molecule has 0 atom stereocenters. The van der Waals surface area contributed by atoms with Gasteiger partial charge in [0, 0.05) is 0 Å². The third kappa shape index (κ3) is 6.16. The van der Waals surface area contributed by atoms with Crippen LogP contribution < -0.4 is 5.32 Å². The number of unbranched alkanes of at least 4 members (excludes halogenated alkanes) is 3. The first-order chi connectivity index (χ1) is 7.33. The van der Waals surface area contributed by atoms with E-state index in [1.807, 2.05) is 0 Å². The molecular weight excluding hydrogens is 186 g/mol. The Balaban J connectivity index is 1.87. The molecule has 0 spiro atoms. The zero-order chi connectivity index (χ0) is 10.9. The topological polar surface area (TPSA) is 32.3 Å². The van der Waals surface area contributed by atoms with Gasteiger partial charge in [-0.25, -0.2) is 0 Å². The summed E-state index contributed by atoms with van der Waals surface area (Å²) in [5.74, 6) is 0.819. The van der Waals surface area contributed by atoms with Crippen molar-refractivity contribution in [3.05, 3.63) is 0 Å². The average molecular weight is 213 g/mol. The van der Waals surface area contributed by atoms with Crippen LogP contribution in [0.3, 0.4) is 0 Å². The molecule has 0 aliphatic heterocycles. The predicted octanol–water partition coefficient (Wildman–Crippen LogP) is 2.71. The molecule has 2 heteroatoms. The quantitative estimate of drug-likeness (QED) is 0.637. The van der Waals surface area contributed by atoms with Gasteiger partial charge in [-0.3, -0.25) is 0 Å². The summed E-state index contributed by atoms with van der Waals surface area (Å²) in [6, 6.07) is 0. The lowest BCUT2D eigenvalue weighted by molar-refractivity contribution is 0.108. The van der Waals surface area contributed by atoms with Crippen molar-refractivity contribution < 1.29 is 5.11 Å². The van der Waals surface area contributed by atoms with Crippen LogP contribution in [0.1, 0.15) is 58.3 Å². The lowest BCUT2D eigenvalue weighted by Gasteiger charge is -2.25. The third-order valence-electron chi connectivity index (χ3n) is 3.46. The average Bonchev–Trinajstić information content (AvgIpc) is 2.26. The molecule has 1 aliphatic carbocycles. The first kappa shape index (κ1) is 13.0. The van der Waals surface area contributed by atoms with E-state index in [9.17, 15) is 5.11 Å². The fourth-order valence-electron chi connectivity index (χ4n) is 2.33. The van der Waals surface area contributed by atoms with Crippen LogP contribution in [0.5, 0.6) is 0 Å². The van der Waals surface area contributed by atoms with E-state index in [-0.39, 0.29) is 6.10 Å². The summed E-state index contributed by atoms with van der Waals surface area (Å²) in [4.78, 5) is 0. The monoisotopic (exact) mass is 213 g/mol. The van der Waals surface area contributed by atoms with E-state index < -0.39 is 0 Å². The van der Waals surface area contributed by atoms with Gasteiger partial charge in [-0.05, 0) is 51.1 Å². The Hall–Kier alpha value is -0.0800. The molecule has 1 saturated carbocycles. The normalized spacial score (nSPS) is 26.8. The fourth-order valence-corrected chi connectivity index (χ4v) is 2.33. The van der Waals surface area contributed by atoms with Crippen LogP contribution in [-0.4, -0.2) is 24.3 Å². The molecule has 0 amide bonds. The van der Waals surface area contributed by atoms with Crippen molar-refractivity contribution >= 4 is 0 Å². The van der Waals surface area contributed by atoms with Crippen LogP contribution in [0.25, 0.3) is 0 Å². The lowest BCUT2D eigenvalue weighted by atomic mass is 9.87. The molecule has 0 saturated heterocycles. The van der Waals surface area contributed by atoms with Gasteiger partial charge in [0.25, 0.3) is 0 Å². The van der Waals surface area contributed by atoms with Gasteiger partial charge in [-0.2, -0.15) is 0 Å². The van der Waals surface area contributed by atoms with E-state index in [1.165, 1.54) is 51.6 Å². The maximum atomic E-state index is 9.38. The van der Waals surface area contributed by atoms with Gasteiger partial charge >= 0.3 is 0 Å². The van der Waals surface area contributed by atoms with Crippen molar-refractivity contribution in [3.63, 3.8) is 0 Å². The summed E-state index contributed by atoms with van der Waals surface area (Å²) in [7, 11) is 0. The van der Waals surface area contributed by atoms with Crippen LogP contribution in [0.2, 0.25) is 0 Å². The highest BCUT2D eigenvalue weighted by molar-refractivity contribution is 4.72. The minimum Gasteiger partial charge on any atom is -0.393 e. The van der Waals surface area contributed by atoms with Crippen molar-refractivity contribution in [1.29, 1.82) is 0 Å². The number of hydrogen-bond acceptors (Lipinski definition) is 2. The summed E-state index contributed by atoms with van der Waals surface area (Å²) in [6.07, 6.45) is 9.83. The second-order valence-corrected chi connectivity index (χ2v) is 4.94. The van der Waals surface area contributed by atoms with Crippen LogP contribution in [-0.2, 0) is 0 Å². The molecular formula is C13H27NO. The molecule has 0 bridgehead atoms. The van der Waals surface area contributed by atoms with E-state index >= 15 is 0 Å². The fraction of sp³-hybridized carbons (Fsp3) is 1.00. The maximum Gasteiger partial charge on any atom is 0.0540 e. The molecule has 90 valence electrons. The molecule has 1 fully saturated rings. The number of aliphatic hydroxyl groups is 1. The van der Waals surface area contributed by atoms with Crippen LogP contribution in [0, 0.1) is 5.92 Å². The Morgan fingerprint density at radius 3 is 2.47 bits per heavy atom. The lowest BCUT2D eigenvalue weighted by Crippen LogP contribution is -2.28. The highest BCUT2D eigenvalue weighted by Gasteiger charge is 2.18. The van der Waals surface area contributed by atoms with Gasteiger partial charge in [-0.15, -0.1) is 0 Å². The number of hydrogen-bond donors (Lipinski definition) is 2. The smallest absolute Gasteiger partial charge is 0.0540 e. The summed E-state index contributed by atoms with van der Waals surface area (Å²) in [5.41, 5.74) is 0. The molecule has 0 radical (unpaired) electrons. The second kappa shape index (κ2) is 8.12. The molecule has 1 rings (SSSR count). The summed E-state index contributed by atoms with van der Waals surface area (Å²) >= 11 is 0. The molecule has 0 aromatic carbocycles. The van der Waals surface area contributed by atoms with Gasteiger partial charge in [0.05, 0.1) is 6.10 Å². The zero-order valence-electron chi connectivity index (χ0n) is 10.2. The predicted molar refractivity (Wildman–Crippen MR) is 65.0 cm³/mol. The minimum absolute atomic E-state index is 0.00851. The molecule has 0 aromatic heterocycles. The highest BCUT2D eigenvalue weighted by Crippen LogP contribution is 2.23. The van der Waals surface area contributed by atoms with E-state index in [1.54, 1.807) is 0 Å². The highest BCUT2D eigenvalue weighted by atomic mass is 16.3.